The molecule has 2 aromatic rings. The van der Waals surface area contributed by atoms with Gasteiger partial charge >= 0.3 is 0 Å². The molecule has 0 bridgehead atoms. The monoisotopic (exact) mass is 462 g/mol. The van der Waals surface area contributed by atoms with Crippen LogP contribution in [-0.4, -0.2) is 33.6 Å². The first-order valence-corrected chi connectivity index (χ1v) is 10.2. The van der Waals surface area contributed by atoms with Gasteiger partial charge in [-0.2, -0.15) is 0 Å². The van der Waals surface area contributed by atoms with Crippen molar-refractivity contribution >= 4 is 61.8 Å². The lowest BCUT2D eigenvalue weighted by Gasteiger charge is -2.13. The van der Waals surface area contributed by atoms with Gasteiger partial charge in [0.25, 0.3) is 0 Å². The fourth-order valence-electron chi connectivity index (χ4n) is 2.57. The average Bonchev–Trinajstić information content (AvgIpc) is 2.93. The highest BCUT2D eigenvalue weighted by Gasteiger charge is 2.38. The quantitative estimate of drug-likeness (QED) is 0.420. The zero-order valence-corrected chi connectivity index (χ0v) is 17.4. The van der Waals surface area contributed by atoms with E-state index in [1.807, 2.05) is 12.1 Å². The second-order valence-electron chi connectivity index (χ2n) is 5.85. The van der Waals surface area contributed by atoms with Gasteiger partial charge in [-0.25, -0.2) is 4.99 Å². The highest BCUT2D eigenvalue weighted by atomic mass is 79.9. The molecule has 1 amide bonds. The molecule has 0 unspecified atom stereocenters. The minimum absolute atomic E-state index is 0.0698. The van der Waals surface area contributed by atoms with Crippen molar-refractivity contribution in [1.29, 1.82) is 0 Å². The average molecular weight is 464 g/mol. The lowest BCUT2D eigenvalue weighted by molar-refractivity contribution is -0.125. The van der Waals surface area contributed by atoms with Crippen molar-refractivity contribution in [2.75, 3.05) is 6.54 Å². The second kappa shape index (κ2) is 8.87. The number of amides is 1. The van der Waals surface area contributed by atoms with Crippen molar-refractivity contribution in [3.8, 4) is 0 Å². The standard InChI is InChI=1S/C20H16BrClN2O2S/c1-2-11-24-19(26)18(12-17(25)13-3-5-14(21)6-4-13)27-20(24)23-16-9-7-15(22)8-10-16/h2-10,18H,1,11-12H2/t18-/m1/s1. The van der Waals surface area contributed by atoms with Crippen LogP contribution < -0.4 is 0 Å². The topological polar surface area (TPSA) is 49.7 Å². The smallest absolute Gasteiger partial charge is 0.242 e. The van der Waals surface area contributed by atoms with Crippen molar-refractivity contribution in [2.24, 2.45) is 4.99 Å². The van der Waals surface area contributed by atoms with Crippen molar-refractivity contribution in [2.45, 2.75) is 11.7 Å². The normalized spacial score (nSPS) is 18.1. The Morgan fingerprint density at radius 1 is 1.22 bits per heavy atom. The Labute approximate surface area is 175 Å². The number of hydrogen-bond donors (Lipinski definition) is 0. The van der Waals surface area contributed by atoms with E-state index in [-0.39, 0.29) is 18.1 Å². The molecule has 4 nitrogen and oxygen atoms in total. The van der Waals surface area contributed by atoms with Gasteiger partial charge in [0.15, 0.2) is 11.0 Å². The molecule has 0 aliphatic carbocycles. The molecule has 1 saturated heterocycles. The summed E-state index contributed by atoms with van der Waals surface area (Å²) >= 11 is 10.6. The Balaban J connectivity index is 1.79. The minimum atomic E-state index is -0.493. The largest absolute Gasteiger partial charge is 0.294 e. The minimum Gasteiger partial charge on any atom is -0.294 e. The molecule has 1 aliphatic heterocycles. The number of Topliss-reactive ketones (excluding diaryl/α,β-unsaturated/α-hetero) is 1. The number of halogens is 2. The molecule has 0 aromatic heterocycles. The van der Waals surface area contributed by atoms with E-state index in [2.05, 4.69) is 27.5 Å². The van der Waals surface area contributed by atoms with E-state index in [1.54, 1.807) is 47.4 Å². The van der Waals surface area contributed by atoms with Crippen molar-refractivity contribution < 1.29 is 9.59 Å². The number of rotatable bonds is 6. The third kappa shape index (κ3) is 4.89. The summed E-state index contributed by atoms with van der Waals surface area (Å²) in [5.41, 5.74) is 1.29. The Morgan fingerprint density at radius 3 is 2.52 bits per heavy atom. The van der Waals surface area contributed by atoms with Crippen LogP contribution in [0, 0.1) is 0 Å². The van der Waals surface area contributed by atoms with Crippen LogP contribution in [0.2, 0.25) is 5.02 Å². The van der Waals surface area contributed by atoms with Crippen LogP contribution in [-0.2, 0) is 4.79 Å². The molecule has 27 heavy (non-hydrogen) atoms. The number of carbonyl (C=O) groups excluding carboxylic acids is 2. The Bertz CT molecular complexity index is 897. The molecular weight excluding hydrogens is 448 g/mol. The lowest BCUT2D eigenvalue weighted by atomic mass is 10.1. The third-order valence-electron chi connectivity index (χ3n) is 3.92. The first-order chi connectivity index (χ1) is 13.0. The number of benzene rings is 2. The van der Waals surface area contributed by atoms with Gasteiger partial charge in [0.1, 0.15) is 0 Å². The van der Waals surface area contributed by atoms with Crippen molar-refractivity contribution in [1.82, 2.24) is 4.90 Å². The van der Waals surface area contributed by atoms with Crippen LogP contribution in [0.4, 0.5) is 5.69 Å². The van der Waals surface area contributed by atoms with Crippen LogP contribution in [0.15, 0.2) is 70.7 Å². The maximum absolute atomic E-state index is 12.8. The predicted octanol–water partition coefficient (Wildman–Crippen LogP) is 5.49. The van der Waals surface area contributed by atoms with Gasteiger partial charge < -0.3 is 0 Å². The van der Waals surface area contributed by atoms with Crippen molar-refractivity contribution in [3.05, 3.63) is 76.2 Å². The molecule has 1 heterocycles. The number of carbonyl (C=O) groups is 2. The van der Waals surface area contributed by atoms with Gasteiger partial charge in [-0.15, -0.1) is 6.58 Å². The van der Waals surface area contributed by atoms with Crippen LogP contribution in [0.25, 0.3) is 0 Å². The molecule has 0 spiro atoms. The van der Waals surface area contributed by atoms with Crippen LogP contribution in [0.1, 0.15) is 16.8 Å². The summed E-state index contributed by atoms with van der Waals surface area (Å²) in [5, 5.41) is 0.693. The third-order valence-corrected chi connectivity index (χ3v) is 5.88. The molecule has 2 aromatic carbocycles. The van der Waals surface area contributed by atoms with Crippen LogP contribution in [0.3, 0.4) is 0 Å². The molecule has 3 rings (SSSR count). The van der Waals surface area contributed by atoms with Gasteiger partial charge in [0.05, 0.1) is 10.9 Å². The summed E-state index contributed by atoms with van der Waals surface area (Å²) in [6.45, 7) is 4.05. The van der Waals surface area contributed by atoms with E-state index >= 15 is 0 Å². The van der Waals surface area contributed by atoms with E-state index in [0.717, 1.165) is 4.47 Å². The Hall–Kier alpha value is -1.89. The predicted molar refractivity (Wildman–Crippen MR) is 115 cm³/mol. The molecule has 0 saturated carbocycles. The van der Waals surface area contributed by atoms with Gasteiger partial charge in [-0.1, -0.05) is 57.5 Å². The SMILES string of the molecule is C=CCN1C(=O)[C@@H](CC(=O)c2ccc(Br)cc2)SC1=Nc1ccc(Cl)cc1. The van der Waals surface area contributed by atoms with Gasteiger partial charge in [-0.05, 0) is 36.4 Å². The summed E-state index contributed by atoms with van der Waals surface area (Å²) in [7, 11) is 0. The maximum atomic E-state index is 12.8. The molecule has 0 radical (unpaired) electrons. The molecule has 1 atom stereocenters. The highest BCUT2D eigenvalue weighted by molar-refractivity contribution is 9.10. The van der Waals surface area contributed by atoms with E-state index in [1.165, 1.54) is 11.8 Å². The Kier molecular flexibility index (Phi) is 6.52. The number of hydrogen-bond acceptors (Lipinski definition) is 4. The number of thioether (sulfide) groups is 1. The second-order valence-corrected chi connectivity index (χ2v) is 8.37. The molecule has 1 aliphatic rings. The lowest BCUT2D eigenvalue weighted by Crippen LogP contribution is -2.32. The van der Waals surface area contributed by atoms with Gasteiger partial charge in [0.2, 0.25) is 5.91 Å². The maximum Gasteiger partial charge on any atom is 0.242 e. The first kappa shape index (κ1) is 19.9. The number of amidine groups is 1. The molecule has 1 fully saturated rings. The number of aliphatic imine (C=N–C) groups is 1. The zero-order chi connectivity index (χ0) is 19.4. The summed E-state index contributed by atoms with van der Waals surface area (Å²) in [5.74, 6) is -0.197. The van der Waals surface area contributed by atoms with Crippen LogP contribution >= 0.6 is 39.3 Å². The summed E-state index contributed by atoms with van der Waals surface area (Å²) in [6, 6.07) is 14.2. The zero-order valence-electron chi connectivity index (χ0n) is 14.3. The van der Waals surface area contributed by atoms with Gasteiger partial charge in [-0.3, -0.25) is 14.5 Å². The van der Waals surface area contributed by atoms with E-state index < -0.39 is 5.25 Å². The van der Waals surface area contributed by atoms with Crippen molar-refractivity contribution in [3.63, 3.8) is 0 Å². The van der Waals surface area contributed by atoms with Gasteiger partial charge in [0, 0.05) is 28.0 Å². The molecular formula is C20H16BrClN2O2S. The molecule has 0 N–H and O–H groups in total. The molecule has 138 valence electrons. The number of nitrogens with zero attached hydrogens (tertiary/aromatic N) is 2. The van der Waals surface area contributed by atoms with E-state index in [4.69, 9.17) is 11.6 Å². The highest BCUT2D eigenvalue weighted by Crippen LogP contribution is 2.32. The molecule has 7 heteroatoms. The van der Waals surface area contributed by atoms with E-state index in [0.29, 0.717) is 28.0 Å². The summed E-state index contributed by atoms with van der Waals surface area (Å²) in [4.78, 5) is 31.4. The first-order valence-electron chi connectivity index (χ1n) is 8.20. The summed E-state index contributed by atoms with van der Waals surface area (Å²) < 4.78 is 0.903. The van der Waals surface area contributed by atoms with E-state index in [9.17, 15) is 9.59 Å². The Morgan fingerprint density at radius 2 is 1.89 bits per heavy atom. The fraction of sp³-hybridized carbons (Fsp3) is 0.150. The summed E-state index contributed by atoms with van der Waals surface area (Å²) in [6.07, 6.45) is 1.77. The number of ketones is 1. The van der Waals surface area contributed by atoms with Crippen LogP contribution in [0.5, 0.6) is 0 Å². The fourth-order valence-corrected chi connectivity index (χ4v) is 4.13.